The molecule has 2 aromatic heterocycles. The van der Waals surface area contributed by atoms with E-state index >= 15 is 0 Å². The zero-order valence-corrected chi connectivity index (χ0v) is 20.0. The molecule has 0 amide bonds. The summed E-state index contributed by atoms with van der Waals surface area (Å²) in [6, 6.07) is 12.5. The van der Waals surface area contributed by atoms with E-state index in [4.69, 9.17) is 16.3 Å². The smallest absolute Gasteiger partial charge is 0.243 e. The van der Waals surface area contributed by atoms with E-state index in [2.05, 4.69) is 39.7 Å². The van der Waals surface area contributed by atoms with Gasteiger partial charge in [0.05, 0.1) is 30.5 Å². The lowest BCUT2D eigenvalue weighted by Crippen LogP contribution is -2.32. The van der Waals surface area contributed by atoms with Crippen LogP contribution in [0.1, 0.15) is 62.4 Å². The molecule has 0 unspecified atom stereocenters. The fourth-order valence-electron chi connectivity index (χ4n) is 5.19. The van der Waals surface area contributed by atoms with Gasteiger partial charge in [0.1, 0.15) is 5.52 Å². The fraction of sp³-hybridized carbons (Fsp3) is 0.520. The Labute approximate surface area is 198 Å². The van der Waals surface area contributed by atoms with Crippen LogP contribution in [0.3, 0.4) is 0 Å². The van der Waals surface area contributed by atoms with Gasteiger partial charge >= 0.3 is 0 Å². The van der Waals surface area contributed by atoms with Gasteiger partial charge in [-0.3, -0.25) is 0 Å². The Kier molecular flexibility index (Phi) is 5.85. The number of hydrogen-bond acceptors (Lipinski definition) is 6. The van der Waals surface area contributed by atoms with Gasteiger partial charge in [0.15, 0.2) is 5.82 Å². The van der Waals surface area contributed by atoms with Crippen molar-refractivity contribution in [2.24, 2.45) is 5.92 Å². The van der Waals surface area contributed by atoms with Crippen molar-refractivity contribution >= 4 is 22.9 Å². The molecule has 2 aliphatic rings. The minimum atomic E-state index is -0.900. The number of nitrogens with one attached hydrogen (secondary N) is 1. The Balaban J connectivity index is 1.42. The SMILES string of the molecule is CC(C)(C)OC[C@H]1C[C@@H](c2ccc3c(N[C@@H]4CCc5ccccc54)nc(Cl)nn23)[C@H](O)[C@@H]1O. The van der Waals surface area contributed by atoms with Crippen LogP contribution < -0.4 is 5.32 Å². The Hall–Kier alpha value is -2.19. The summed E-state index contributed by atoms with van der Waals surface area (Å²) in [4.78, 5) is 4.47. The number of aryl methyl sites for hydroxylation is 1. The van der Waals surface area contributed by atoms with Gasteiger partial charge in [-0.1, -0.05) is 24.3 Å². The first kappa shape index (κ1) is 22.6. The Bertz CT molecular complexity index is 1160. The van der Waals surface area contributed by atoms with Crippen LogP contribution >= 0.6 is 11.6 Å². The van der Waals surface area contributed by atoms with Crippen molar-refractivity contribution in [2.45, 2.75) is 69.8 Å². The maximum atomic E-state index is 10.9. The average molecular weight is 471 g/mol. The van der Waals surface area contributed by atoms with Crippen molar-refractivity contribution in [3.05, 3.63) is 58.5 Å². The van der Waals surface area contributed by atoms with Crippen molar-refractivity contribution in [2.75, 3.05) is 11.9 Å². The van der Waals surface area contributed by atoms with Crippen LogP contribution in [0.15, 0.2) is 36.4 Å². The summed E-state index contributed by atoms with van der Waals surface area (Å²) in [6.45, 7) is 6.35. The van der Waals surface area contributed by atoms with Crippen LogP contribution in [0.2, 0.25) is 5.28 Å². The number of halogens is 1. The van der Waals surface area contributed by atoms with E-state index in [1.54, 1.807) is 4.52 Å². The van der Waals surface area contributed by atoms with Gasteiger partial charge in [0.2, 0.25) is 5.28 Å². The summed E-state index contributed by atoms with van der Waals surface area (Å²) in [6.07, 6.45) is 0.866. The minimum absolute atomic E-state index is 0.134. The average Bonchev–Trinajstić information content (AvgIpc) is 3.44. The lowest BCUT2D eigenvalue weighted by atomic mass is 10.0. The second-order valence-corrected chi connectivity index (χ2v) is 10.6. The summed E-state index contributed by atoms with van der Waals surface area (Å²) in [5.41, 5.74) is 3.95. The highest BCUT2D eigenvalue weighted by molar-refractivity contribution is 6.28. The fourth-order valence-corrected chi connectivity index (χ4v) is 5.35. The normalized spacial score (nSPS) is 27.3. The molecule has 2 aliphatic carbocycles. The third-order valence-electron chi connectivity index (χ3n) is 6.87. The molecule has 176 valence electrons. The van der Waals surface area contributed by atoms with Gasteiger partial charge in [-0.05, 0) is 74.9 Å². The number of aliphatic hydroxyl groups excluding tert-OH is 2. The van der Waals surface area contributed by atoms with E-state index in [0.717, 1.165) is 24.1 Å². The molecule has 1 saturated carbocycles. The molecule has 0 radical (unpaired) electrons. The summed E-state index contributed by atoms with van der Waals surface area (Å²) in [7, 11) is 0. The first-order valence-corrected chi connectivity index (χ1v) is 12.0. The molecule has 3 aromatic rings. The first-order valence-electron chi connectivity index (χ1n) is 11.6. The molecule has 0 bridgehead atoms. The van der Waals surface area contributed by atoms with Crippen LogP contribution in [0, 0.1) is 5.92 Å². The molecule has 5 rings (SSSR count). The van der Waals surface area contributed by atoms with Gasteiger partial charge in [-0.25, -0.2) is 4.52 Å². The number of hydrogen-bond donors (Lipinski definition) is 3. The van der Waals surface area contributed by atoms with Gasteiger partial charge in [0.25, 0.3) is 0 Å². The zero-order chi connectivity index (χ0) is 23.3. The number of aliphatic hydroxyl groups is 2. The Morgan fingerprint density at radius 3 is 2.73 bits per heavy atom. The number of ether oxygens (including phenoxy) is 1. The lowest BCUT2D eigenvalue weighted by molar-refractivity contribution is -0.0562. The molecular weight excluding hydrogens is 440 g/mol. The van der Waals surface area contributed by atoms with E-state index in [0.29, 0.717) is 18.8 Å². The molecule has 1 fully saturated rings. The quantitative estimate of drug-likeness (QED) is 0.519. The van der Waals surface area contributed by atoms with Crippen molar-refractivity contribution in [1.29, 1.82) is 0 Å². The standard InChI is InChI=1S/C25H31ClN4O3/c1-25(2,3)33-13-15-12-17(22(32)21(15)31)19-10-11-20-23(28-24(26)29-30(19)20)27-18-9-8-14-6-4-5-7-16(14)18/h4-7,10-11,15,17-18,21-22,31-32H,8-9,12-13H2,1-3H3,(H,27,28,29)/t15-,17+,18-,21-,22+/m1/s1. The van der Waals surface area contributed by atoms with Gasteiger partial charge < -0.3 is 20.3 Å². The molecule has 2 heterocycles. The van der Waals surface area contributed by atoms with Crippen molar-refractivity contribution in [1.82, 2.24) is 14.6 Å². The number of anilines is 1. The maximum absolute atomic E-state index is 10.9. The summed E-state index contributed by atoms with van der Waals surface area (Å²) in [5.74, 6) is 0.241. The molecule has 33 heavy (non-hydrogen) atoms. The van der Waals surface area contributed by atoms with Crippen LogP contribution in [0.4, 0.5) is 5.82 Å². The van der Waals surface area contributed by atoms with E-state index in [1.165, 1.54) is 11.1 Å². The first-order chi connectivity index (χ1) is 15.7. The van der Waals surface area contributed by atoms with Gasteiger partial charge in [0, 0.05) is 17.5 Å². The number of rotatable bonds is 5. The summed E-state index contributed by atoms with van der Waals surface area (Å²) < 4.78 is 7.65. The number of nitrogens with zero attached hydrogens (tertiary/aromatic N) is 3. The predicted octanol–water partition coefficient (Wildman–Crippen LogP) is 4.12. The highest BCUT2D eigenvalue weighted by Gasteiger charge is 2.44. The highest BCUT2D eigenvalue weighted by atomic mass is 35.5. The molecule has 5 atom stereocenters. The largest absolute Gasteiger partial charge is 0.390 e. The maximum Gasteiger partial charge on any atom is 0.243 e. The van der Waals surface area contributed by atoms with E-state index in [9.17, 15) is 10.2 Å². The second kappa shape index (κ2) is 8.55. The van der Waals surface area contributed by atoms with Gasteiger partial charge in [-0.2, -0.15) is 4.98 Å². The number of aromatic nitrogens is 3. The number of benzene rings is 1. The second-order valence-electron chi connectivity index (χ2n) is 10.2. The molecular formula is C25H31ClN4O3. The Morgan fingerprint density at radius 1 is 1.15 bits per heavy atom. The van der Waals surface area contributed by atoms with Crippen molar-refractivity contribution in [3.8, 4) is 0 Å². The monoisotopic (exact) mass is 470 g/mol. The Morgan fingerprint density at radius 2 is 1.94 bits per heavy atom. The van der Waals surface area contributed by atoms with Crippen LogP contribution in [0.5, 0.6) is 0 Å². The molecule has 0 spiro atoms. The number of fused-ring (bicyclic) bond motifs is 2. The summed E-state index contributed by atoms with van der Waals surface area (Å²) >= 11 is 6.32. The molecule has 8 heteroatoms. The van der Waals surface area contributed by atoms with Crippen LogP contribution in [0.25, 0.3) is 5.52 Å². The van der Waals surface area contributed by atoms with E-state index in [1.807, 2.05) is 32.9 Å². The minimum Gasteiger partial charge on any atom is -0.390 e. The van der Waals surface area contributed by atoms with Crippen LogP contribution in [-0.4, -0.2) is 49.2 Å². The zero-order valence-electron chi connectivity index (χ0n) is 19.2. The molecule has 7 nitrogen and oxygen atoms in total. The third-order valence-corrected chi connectivity index (χ3v) is 7.03. The van der Waals surface area contributed by atoms with Crippen molar-refractivity contribution in [3.63, 3.8) is 0 Å². The third kappa shape index (κ3) is 4.35. The molecule has 0 aliphatic heterocycles. The molecule has 0 saturated heterocycles. The molecule has 1 aromatic carbocycles. The van der Waals surface area contributed by atoms with Crippen molar-refractivity contribution < 1.29 is 14.9 Å². The van der Waals surface area contributed by atoms with Gasteiger partial charge in [-0.15, -0.1) is 5.10 Å². The summed E-state index contributed by atoms with van der Waals surface area (Å²) in [5, 5.41) is 29.7. The highest BCUT2D eigenvalue weighted by Crippen LogP contribution is 2.41. The predicted molar refractivity (Wildman–Crippen MR) is 128 cm³/mol. The lowest BCUT2D eigenvalue weighted by Gasteiger charge is -2.24. The van der Waals surface area contributed by atoms with E-state index < -0.39 is 12.2 Å². The topological polar surface area (TPSA) is 91.9 Å². The van der Waals surface area contributed by atoms with Crippen LogP contribution in [-0.2, 0) is 11.2 Å². The molecule has 3 N–H and O–H groups in total. The van der Waals surface area contributed by atoms with E-state index in [-0.39, 0.29) is 28.8 Å².